The van der Waals surface area contributed by atoms with Crippen LogP contribution in [0.5, 0.6) is 0 Å². The Bertz CT molecular complexity index is 363. The van der Waals surface area contributed by atoms with Crippen molar-refractivity contribution >= 4 is 5.69 Å². The standard InChI is InChI=1S/C6H5NO2.C2F6O/c8-7(9)6-4-2-1-3-5-6;3-1(4,5)9-2(6,7)8/h1-5H;. The van der Waals surface area contributed by atoms with Gasteiger partial charge in [-0.15, -0.1) is 26.3 Å². The van der Waals surface area contributed by atoms with Crippen molar-refractivity contribution in [3.63, 3.8) is 0 Å². The van der Waals surface area contributed by atoms with Gasteiger partial charge in [-0.25, -0.2) is 0 Å². The molecule has 0 aromatic heterocycles. The first-order valence-corrected chi connectivity index (χ1v) is 4.04. The van der Waals surface area contributed by atoms with Crippen LogP contribution in [0.25, 0.3) is 0 Å². The van der Waals surface area contributed by atoms with Crippen molar-refractivity contribution in [1.82, 2.24) is 0 Å². The molecule has 4 nitrogen and oxygen atoms in total. The lowest BCUT2D eigenvalue weighted by molar-refractivity contribution is -0.463. The summed E-state index contributed by atoms with van der Waals surface area (Å²) in [4.78, 5) is 9.59. The zero-order valence-electron chi connectivity index (χ0n) is 8.33. The second-order valence-electron chi connectivity index (χ2n) is 2.59. The molecule has 0 atom stereocenters. The fourth-order valence-electron chi connectivity index (χ4n) is 0.681. The second kappa shape index (κ2) is 6.19. The summed E-state index contributed by atoms with van der Waals surface area (Å²) in [6.45, 7) is 0. The van der Waals surface area contributed by atoms with Gasteiger partial charge in [-0.2, -0.15) is 4.74 Å². The molecular weight excluding hydrogens is 272 g/mol. The number of ether oxygens (including phenoxy) is 1. The molecule has 0 aliphatic heterocycles. The molecule has 0 N–H and O–H groups in total. The SMILES string of the molecule is FC(F)(F)OC(F)(F)F.O=[N+]([O-])c1ccccc1. The number of hydrogen-bond donors (Lipinski definition) is 0. The Morgan fingerprint density at radius 3 is 1.50 bits per heavy atom. The molecule has 1 rings (SSSR count). The molecule has 0 saturated carbocycles. The number of halogens is 6. The van der Waals surface area contributed by atoms with Crippen LogP contribution in [0.1, 0.15) is 0 Å². The van der Waals surface area contributed by atoms with Gasteiger partial charge in [-0.1, -0.05) is 18.2 Å². The molecule has 0 spiro atoms. The molecule has 10 heteroatoms. The summed E-state index contributed by atoms with van der Waals surface area (Å²) < 4.78 is 65.3. The van der Waals surface area contributed by atoms with Gasteiger partial charge in [-0.05, 0) is 0 Å². The third-order valence-corrected chi connectivity index (χ3v) is 1.20. The molecule has 102 valence electrons. The third kappa shape index (κ3) is 9.39. The maximum atomic E-state index is 10.6. The molecular formula is C8H5F6NO3. The monoisotopic (exact) mass is 277 g/mol. The third-order valence-electron chi connectivity index (χ3n) is 1.20. The number of non-ortho nitro benzene ring substituents is 1. The first-order chi connectivity index (χ1) is 8.01. The van der Waals surface area contributed by atoms with Crippen LogP contribution < -0.4 is 0 Å². The zero-order valence-corrected chi connectivity index (χ0v) is 8.33. The Morgan fingerprint density at radius 2 is 1.33 bits per heavy atom. The minimum absolute atomic E-state index is 0.137. The average Bonchev–Trinajstić information content (AvgIpc) is 2.14. The second-order valence-corrected chi connectivity index (χ2v) is 2.59. The van der Waals surface area contributed by atoms with Crippen molar-refractivity contribution in [2.24, 2.45) is 0 Å². The number of nitrogens with zero attached hydrogens (tertiary/aromatic N) is 1. The quantitative estimate of drug-likeness (QED) is 0.447. The number of nitro groups is 1. The number of para-hydroxylation sites is 1. The van der Waals surface area contributed by atoms with Crippen molar-refractivity contribution in [3.05, 3.63) is 40.4 Å². The molecule has 1 aromatic carbocycles. The Hall–Kier alpha value is -1.84. The lowest BCUT2D eigenvalue weighted by Crippen LogP contribution is -2.25. The molecule has 0 amide bonds. The molecule has 0 unspecified atom stereocenters. The summed E-state index contributed by atoms with van der Waals surface area (Å²) in [7, 11) is 0. The fourth-order valence-corrected chi connectivity index (χ4v) is 0.681. The molecule has 0 radical (unpaired) electrons. The number of alkyl halides is 6. The van der Waals surface area contributed by atoms with Crippen LogP contribution in [0.2, 0.25) is 0 Å². The highest BCUT2D eigenvalue weighted by Crippen LogP contribution is 2.28. The van der Waals surface area contributed by atoms with Gasteiger partial charge >= 0.3 is 12.7 Å². The van der Waals surface area contributed by atoms with E-state index in [2.05, 4.69) is 0 Å². The zero-order chi connectivity index (χ0) is 14.4. The van der Waals surface area contributed by atoms with Crippen LogP contribution in [0.15, 0.2) is 30.3 Å². The fraction of sp³-hybridized carbons (Fsp3) is 0.250. The first kappa shape index (κ1) is 16.2. The maximum absolute atomic E-state index is 10.6. The van der Waals surface area contributed by atoms with Gasteiger partial charge < -0.3 is 0 Å². The summed E-state index contributed by atoms with van der Waals surface area (Å²) in [6, 6.07) is 7.93. The summed E-state index contributed by atoms with van der Waals surface area (Å²) in [6.07, 6.45) is -11.3. The number of rotatable bonds is 1. The summed E-state index contributed by atoms with van der Waals surface area (Å²) in [5, 5.41) is 10.0. The predicted octanol–water partition coefficient (Wildman–Crippen LogP) is 3.64. The van der Waals surface area contributed by atoms with Crippen LogP contribution in [0, 0.1) is 10.1 Å². The normalized spacial score (nSPS) is 11.4. The topological polar surface area (TPSA) is 52.4 Å². The van der Waals surface area contributed by atoms with Gasteiger partial charge in [0.2, 0.25) is 0 Å². The van der Waals surface area contributed by atoms with E-state index < -0.39 is 17.6 Å². The van der Waals surface area contributed by atoms with E-state index in [0.717, 1.165) is 0 Å². The Labute approximate surface area is 95.9 Å². The van der Waals surface area contributed by atoms with Crippen LogP contribution in [-0.2, 0) is 4.74 Å². The molecule has 0 aliphatic rings. The Morgan fingerprint density at radius 1 is 0.944 bits per heavy atom. The Balaban J connectivity index is 0.000000321. The highest BCUT2D eigenvalue weighted by molar-refractivity contribution is 5.27. The molecule has 0 fully saturated rings. The van der Waals surface area contributed by atoms with Gasteiger partial charge in [-0.3, -0.25) is 10.1 Å². The minimum Gasteiger partial charge on any atom is -0.258 e. The minimum atomic E-state index is -5.64. The van der Waals surface area contributed by atoms with Crippen molar-refractivity contribution in [1.29, 1.82) is 0 Å². The van der Waals surface area contributed by atoms with Crippen LogP contribution in [0.3, 0.4) is 0 Å². The highest BCUT2D eigenvalue weighted by Gasteiger charge is 2.45. The smallest absolute Gasteiger partial charge is 0.258 e. The van der Waals surface area contributed by atoms with E-state index in [4.69, 9.17) is 0 Å². The van der Waals surface area contributed by atoms with E-state index >= 15 is 0 Å². The van der Waals surface area contributed by atoms with E-state index in [1.54, 1.807) is 22.9 Å². The van der Waals surface area contributed by atoms with E-state index in [1.165, 1.54) is 12.1 Å². The lowest BCUT2D eigenvalue weighted by atomic mass is 10.3. The van der Waals surface area contributed by atoms with Crippen LogP contribution in [-0.4, -0.2) is 17.6 Å². The van der Waals surface area contributed by atoms with Gasteiger partial charge in [0.1, 0.15) is 0 Å². The van der Waals surface area contributed by atoms with Crippen molar-refractivity contribution in [2.75, 3.05) is 0 Å². The Kier molecular flexibility index (Phi) is 5.56. The molecule has 0 bridgehead atoms. The summed E-state index contributed by atoms with van der Waals surface area (Å²) >= 11 is 0. The first-order valence-electron chi connectivity index (χ1n) is 4.04. The van der Waals surface area contributed by atoms with Gasteiger partial charge in [0, 0.05) is 12.1 Å². The molecule has 0 aliphatic carbocycles. The van der Waals surface area contributed by atoms with Crippen molar-refractivity contribution in [3.8, 4) is 0 Å². The van der Waals surface area contributed by atoms with Crippen molar-refractivity contribution < 1.29 is 36.0 Å². The van der Waals surface area contributed by atoms with Crippen LogP contribution >= 0.6 is 0 Å². The van der Waals surface area contributed by atoms with Gasteiger partial charge in [0.05, 0.1) is 4.92 Å². The largest absolute Gasteiger partial charge is 0.529 e. The van der Waals surface area contributed by atoms with Gasteiger partial charge in [0.25, 0.3) is 5.69 Å². The number of hydrogen-bond acceptors (Lipinski definition) is 3. The molecule has 18 heavy (non-hydrogen) atoms. The van der Waals surface area contributed by atoms with E-state index in [0.29, 0.717) is 0 Å². The molecule has 0 saturated heterocycles. The summed E-state index contributed by atoms with van der Waals surface area (Å²) in [5.41, 5.74) is 0.137. The summed E-state index contributed by atoms with van der Waals surface area (Å²) in [5.74, 6) is 0. The number of benzene rings is 1. The van der Waals surface area contributed by atoms with Gasteiger partial charge in [0.15, 0.2) is 0 Å². The van der Waals surface area contributed by atoms with Crippen LogP contribution in [0.4, 0.5) is 32.0 Å². The van der Waals surface area contributed by atoms with E-state index in [9.17, 15) is 36.5 Å². The maximum Gasteiger partial charge on any atom is 0.529 e. The highest BCUT2D eigenvalue weighted by atomic mass is 19.4. The molecule has 1 aromatic rings. The molecule has 0 heterocycles. The lowest BCUT2D eigenvalue weighted by Gasteiger charge is -2.08. The number of nitro benzene ring substituents is 1. The van der Waals surface area contributed by atoms with E-state index in [1.807, 2.05) is 0 Å². The van der Waals surface area contributed by atoms with Crippen molar-refractivity contribution in [2.45, 2.75) is 12.7 Å². The average molecular weight is 277 g/mol. The van der Waals surface area contributed by atoms with E-state index in [-0.39, 0.29) is 5.69 Å². The predicted molar refractivity (Wildman–Crippen MR) is 46.3 cm³/mol.